The minimum Gasteiger partial charge on any atom is -0.497 e. The standard InChI is InChI=1S/C27H28BrN3O4/c1-35-20-12-6-17(7-13-20)25(32)31-24-22(23-21-5-3-2-4-16(21)14-15-29(23)31)26(33)30(27(24)34)19-10-8-18(28)9-11-19/h6-13,16,21-24H,2-5,14-15H2,1H3/t16?,21?,22-,23-,24+/m0/s1. The first-order chi connectivity index (χ1) is 17.0. The van der Waals surface area contributed by atoms with Gasteiger partial charge in [0.1, 0.15) is 11.8 Å². The number of benzene rings is 2. The Bertz CT molecular complexity index is 1170. The Kier molecular flexibility index (Phi) is 5.68. The molecule has 3 saturated heterocycles. The molecule has 5 atom stereocenters. The van der Waals surface area contributed by atoms with Gasteiger partial charge < -0.3 is 4.74 Å². The van der Waals surface area contributed by atoms with Gasteiger partial charge in [-0.2, -0.15) is 0 Å². The van der Waals surface area contributed by atoms with Crippen LogP contribution in [-0.4, -0.2) is 53.5 Å². The van der Waals surface area contributed by atoms with Crippen molar-refractivity contribution in [3.8, 4) is 5.75 Å². The van der Waals surface area contributed by atoms with Gasteiger partial charge in [-0.1, -0.05) is 35.2 Å². The molecule has 2 unspecified atom stereocenters. The molecule has 4 fully saturated rings. The van der Waals surface area contributed by atoms with Gasteiger partial charge in [-0.25, -0.2) is 9.91 Å². The van der Waals surface area contributed by atoms with Crippen LogP contribution in [0.5, 0.6) is 5.75 Å². The number of carbonyl (C=O) groups excluding carboxylic acids is 3. The zero-order valence-corrected chi connectivity index (χ0v) is 21.2. The topological polar surface area (TPSA) is 70.2 Å². The smallest absolute Gasteiger partial charge is 0.268 e. The molecule has 3 aliphatic heterocycles. The second-order valence-electron chi connectivity index (χ2n) is 9.99. The molecule has 0 N–H and O–H groups in total. The molecule has 7 nitrogen and oxygen atoms in total. The fourth-order valence-corrected chi connectivity index (χ4v) is 7.06. The molecular formula is C27H28BrN3O4. The van der Waals surface area contributed by atoms with Gasteiger partial charge >= 0.3 is 0 Å². The van der Waals surface area contributed by atoms with Gasteiger partial charge in [-0.3, -0.25) is 19.4 Å². The molecule has 35 heavy (non-hydrogen) atoms. The Labute approximate surface area is 213 Å². The van der Waals surface area contributed by atoms with Crippen molar-refractivity contribution in [2.45, 2.75) is 44.2 Å². The highest BCUT2D eigenvalue weighted by Crippen LogP contribution is 2.51. The maximum Gasteiger partial charge on any atom is 0.268 e. The number of anilines is 1. The molecule has 0 aromatic heterocycles. The van der Waals surface area contributed by atoms with Crippen molar-refractivity contribution >= 4 is 39.3 Å². The predicted molar refractivity (Wildman–Crippen MR) is 134 cm³/mol. The van der Waals surface area contributed by atoms with E-state index in [9.17, 15) is 14.4 Å². The third kappa shape index (κ3) is 3.52. The molecule has 182 valence electrons. The Balaban J connectivity index is 1.42. The van der Waals surface area contributed by atoms with Gasteiger partial charge in [-0.15, -0.1) is 0 Å². The molecule has 0 radical (unpaired) electrons. The first kappa shape index (κ1) is 22.7. The molecule has 0 spiro atoms. The van der Waals surface area contributed by atoms with Crippen LogP contribution in [0.3, 0.4) is 0 Å². The zero-order valence-electron chi connectivity index (χ0n) is 19.6. The zero-order chi connectivity index (χ0) is 24.3. The molecule has 3 amide bonds. The summed E-state index contributed by atoms with van der Waals surface area (Å²) in [5.74, 6) is 0.249. The average molecular weight is 538 g/mol. The Morgan fingerprint density at radius 3 is 2.37 bits per heavy atom. The molecule has 1 aliphatic carbocycles. The van der Waals surface area contributed by atoms with Crippen LogP contribution in [0.1, 0.15) is 42.5 Å². The van der Waals surface area contributed by atoms with Crippen molar-refractivity contribution in [1.29, 1.82) is 0 Å². The van der Waals surface area contributed by atoms with Crippen molar-refractivity contribution in [2.24, 2.45) is 17.8 Å². The molecule has 2 aromatic rings. The lowest BCUT2D eigenvalue weighted by atomic mass is 9.68. The van der Waals surface area contributed by atoms with Crippen LogP contribution in [0.15, 0.2) is 53.0 Å². The first-order valence-corrected chi connectivity index (χ1v) is 13.2. The summed E-state index contributed by atoms with van der Waals surface area (Å²) < 4.78 is 6.12. The van der Waals surface area contributed by atoms with Crippen molar-refractivity contribution in [2.75, 3.05) is 18.6 Å². The Morgan fingerprint density at radius 2 is 1.66 bits per heavy atom. The van der Waals surface area contributed by atoms with Crippen LogP contribution in [-0.2, 0) is 9.59 Å². The number of hydrazine groups is 1. The number of rotatable bonds is 3. The van der Waals surface area contributed by atoms with Gasteiger partial charge in [0, 0.05) is 22.6 Å². The summed E-state index contributed by atoms with van der Waals surface area (Å²) in [4.78, 5) is 43.0. The number of hydrogen-bond donors (Lipinski definition) is 0. The summed E-state index contributed by atoms with van der Waals surface area (Å²) in [7, 11) is 1.58. The van der Waals surface area contributed by atoms with Crippen LogP contribution < -0.4 is 9.64 Å². The van der Waals surface area contributed by atoms with Crippen molar-refractivity contribution < 1.29 is 19.1 Å². The normalized spacial score (nSPS) is 30.2. The molecule has 1 saturated carbocycles. The van der Waals surface area contributed by atoms with E-state index >= 15 is 0 Å². The summed E-state index contributed by atoms with van der Waals surface area (Å²) in [6, 6.07) is 13.2. The summed E-state index contributed by atoms with van der Waals surface area (Å²) in [5, 5.41) is 3.70. The number of ether oxygens (including phenoxy) is 1. The lowest BCUT2D eigenvalue weighted by Crippen LogP contribution is -2.57. The van der Waals surface area contributed by atoms with E-state index in [0.717, 1.165) is 30.2 Å². The summed E-state index contributed by atoms with van der Waals surface area (Å²) in [6.07, 6.45) is 5.55. The number of carbonyl (C=O) groups is 3. The van der Waals surface area contributed by atoms with Gasteiger partial charge in [0.15, 0.2) is 0 Å². The molecule has 8 heteroatoms. The molecule has 4 aliphatic rings. The van der Waals surface area contributed by atoms with E-state index in [1.54, 1.807) is 48.5 Å². The maximum absolute atomic E-state index is 13.9. The molecule has 2 aromatic carbocycles. The minimum absolute atomic E-state index is 0.127. The van der Waals surface area contributed by atoms with Gasteiger partial charge in [0.05, 0.1) is 18.7 Å². The quantitative estimate of drug-likeness (QED) is 0.547. The van der Waals surface area contributed by atoms with E-state index < -0.39 is 12.0 Å². The third-order valence-corrected chi connectivity index (χ3v) is 8.87. The van der Waals surface area contributed by atoms with Crippen LogP contribution >= 0.6 is 15.9 Å². The highest BCUT2D eigenvalue weighted by atomic mass is 79.9. The van der Waals surface area contributed by atoms with Gasteiger partial charge in [0.25, 0.3) is 11.8 Å². The highest BCUT2D eigenvalue weighted by molar-refractivity contribution is 9.10. The largest absolute Gasteiger partial charge is 0.497 e. The molecule has 3 heterocycles. The number of amides is 3. The van der Waals surface area contributed by atoms with Gasteiger partial charge in [-0.05, 0) is 73.2 Å². The van der Waals surface area contributed by atoms with Crippen molar-refractivity contribution in [3.05, 3.63) is 58.6 Å². The average Bonchev–Trinajstić information content (AvgIpc) is 3.37. The number of methoxy groups -OCH3 is 1. The van der Waals surface area contributed by atoms with E-state index in [1.165, 1.54) is 11.3 Å². The second kappa shape index (κ2) is 8.75. The minimum atomic E-state index is -0.813. The van der Waals surface area contributed by atoms with Crippen LogP contribution in [0, 0.1) is 17.8 Å². The number of halogens is 1. The fraction of sp³-hybridized carbons (Fsp3) is 0.444. The SMILES string of the molecule is COc1ccc(C(=O)N2[C@H]3C(=O)N(c4ccc(Br)cc4)C(=O)[C@H]3[C@@H]3C4CCCCC4CCN32)cc1. The van der Waals surface area contributed by atoms with E-state index in [-0.39, 0.29) is 23.8 Å². The highest BCUT2D eigenvalue weighted by Gasteiger charge is 2.66. The monoisotopic (exact) mass is 537 g/mol. The predicted octanol–water partition coefficient (Wildman–Crippen LogP) is 4.27. The number of hydrogen-bond acceptors (Lipinski definition) is 5. The van der Waals surface area contributed by atoms with Crippen LogP contribution in [0.25, 0.3) is 0 Å². The summed E-state index contributed by atoms with van der Waals surface area (Å²) >= 11 is 3.42. The van der Waals surface area contributed by atoms with Crippen molar-refractivity contribution in [3.63, 3.8) is 0 Å². The number of nitrogens with zero attached hydrogens (tertiary/aromatic N) is 3. The lowest BCUT2D eigenvalue weighted by Gasteiger charge is -2.47. The fourth-order valence-electron chi connectivity index (χ4n) is 6.80. The van der Waals surface area contributed by atoms with E-state index in [4.69, 9.17) is 4.74 Å². The Morgan fingerprint density at radius 1 is 0.943 bits per heavy atom. The number of imide groups is 1. The van der Waals surface area contributed by atoms with E-state index in [1.807, 2.05) is 12.1 Å². The number of fused-ring (bicyclic) bond motifs is 5. The van der Waals surface area contributed by atoms with Gasteiger partial charge in [0.2, 0.25) is 5.91 Å². The van der Waals surface area contributed by atoms with E-state index in [2.05, 4.69) is 20.9 Å². The van der Waals surface area contributed by atoms with Crippen LogP contribution in [0.2, 0.25) is 0 Å². The number of piperidine rings is 1. The third-order valence-electron chi connectivity index (χ3n) is 8.34. The molecule has 0 bridgehead atoms. The lowest BCUT2D eigenvalue weighted by molar-refractivity contribution is -0.129. The molecular weight excluding hydrogens is 510 g/mol. The molecule has 6 rings (SSSR count). The summed E-state index contributed by atoms with van der Waals surface area (Å²) in [6.45, 7) is 0.694. The van der Waals surface area contributed by atoms with Crippen LogP contribution in [0.4, 0.5) is 5.69 Å². The maximum atomic E-state index is 13.9. The van der Waals surface area contributed by atoms with Crippen molar-refractivity contribution in [1.82, 2.24) is 10.0 Å². The Hall–Kier alpha value is -2.71. The van der Waals surface area contributed by atoms with E-state index in [0.29, 0.717) is 35.4 Å². The summed E-state index contributed by atoms with van der Waals surface area (Å²) in [5.41, 5.74) is 1.04. The first-order valence-electron chi connectivity index (χ1n) is 12.4. The second-order valence-corrected chi connectivity index (χ2v) is 10.9.